The molecule has 3 N–H and O–H groups in total. The van der Waals surface area contributed by atoms with Gasteiger partial charge in [0.15, 0.2) is 0 Å². The molecule has 0 spiro atoms. The first-order valence-electron chi connectivity index (χ1n) is 13.2. The normalized spacial score (nSPS) is 21.2. The number of rotatable bonds is 8. The van der Waals surface area contributed by atoms with E-state index in [4.69, 9.17) is 14.5 Å². The second-order valence-electron chi connectivity index (χ2n) is 10.6. The number of aryl methyl sites for hydroxylation is 2. The highest BCUT2D eigenvalue weighted by Crippen LogP contribution is 2.43. The van der Waals surface area contributed by atoms with Gasteiger partial charge in [0.05, 0.1) is 36.3 Å². The van der Waals surface area contributed by atoms with Crippen molar-refractivity contribution >= 4 is 38.7 Å². The maximum absolute atomic E-state index is 13.7. The van der Waals surface area contributed by atoms with Crippen molar-refractivity contribution < 1.29 is 13.7 Å². The average molecular weight is 557 g/mol. The maximum Gasteiger partial charge on any atom is 0.407 e. The number of hydrogen-bond donors (Lipinski definition) is 3. The second kappa shape index (κ2) is 10.7. The number of carbonyl (C=O) groups excluding carboxylic acids is 1. The van der Waals surface area contributed by atoms with E-state index in [1.165, 1.54) is 0 Å². The lowest BCUT2D eigenvalue weighted by atomic mass is 9.86. The highest BCUT2D eigenvalue weighted by molar-refractivity contribution is 7.93. The molecular formula is C27H36N6O3S2. The summed E-state index contributed by atoms with van der Waals surface area (Å²) in [5.41, 5.74) is 2.53. The number of thiazole rings is 1. The monoisotopic (exact) mass is 556 g/mol. The molecule has 1 unspecified atom stereocenters. The predicted octanol–water partition coefficient (Wildman–Crippen LogP) is 6.32. The van der Waals surface area contributed by atoms with Gasteiger partial charge in [0.25, 0.3) is 0 Å². The molecule has 0 radical (unpaired) electrons. The molecule has 11 heteroatoms. The number of carbonyl (C=O) groups is 1. The van der Waals surface area contributed by atoms with Crippen molar-refractivity contribution in [2.45, 2.75) is 87.5 Å². The molecular weight excluding hydrogens is 520 g/mol. The Hall–Kier alpha value is -2.92. The molecule has 3 aromatic rings. The summed E-state index contributed by atoms with van der Waals surface area (Å²) in [5.74, 6) is 1.17. The van der Waals surface area contributed by atoms with Crippen LogP contribution in [0.25, 0.3) is 10.4 Å². The molecule has 9 nitrogen and oxygen atoms in total. The summed E-state index contributed by atoms with van der Waals surface area (Å²) in [5, 5.41) is 11.7. The topological polar surface area (TPSA) is 122 Å². The number of ether oxygens (including phenoxy) is 1. The minimum absolute atomic E-state index is 0.0898. The Balaban J connectivity index is 1.34. The van der Waals surface area contributed by atoms with Crippen LogP contribution in [0.1, 0.15) is 69.0 Å². The minimum Gasteiger partial charge on any atom is -0.447 e. The van der Waals surface area contributed by atoms with Crippen LogP contribution in [0.3, 0.4) is 0 Å². The van der Waals surface area contributed by atoms with Crippen LogP contribution >= 0.6 is 11.3 Å². The van der Waals surface area contributed by atoms with Gasteiger partial charge >= 0.3 is 6.09 Å². The van der Waals surface area contributed by atoms with Crippen molar-refractivity contribution in [1.29, 1.82) is 4.78 Å². The van der Waals surface area contributed by atoms with E-state index in [2.05, 4.69) is 15.7 Å². The molecule has 1 aromatic carbocycles. The maximum atomic E-state index is 13.7. The first kappa shape index (κ1) is 26.7. The predicted molar refractivity (Wildman–Crippen MR) is 151 cm³/mol. The summed E-state index contributed by atoms with van der Waals surface area (Å²) in [4.78, 5) is 18.2. The van der Waals surface area contributed by atoms with E-state index in [1.54, 1.807) is 16.0 Å². The van der Waals surface area contributed by atoms with Crippen LogP contribution in [-0.4, -0.2) is 42.5 Å². The van der Waals surface area contributed by atoms with Gasteiger partial charge in [-0.3, -0.25) is 4.68 Å². The highest BCUT2D eigenvalue weighted by Gasteiger charge is 2.36. The Labute approximate surface area is 228 Å². The van der Waals surface area contributed by atoms with Gasteiger partial charge in [-0.15, -0.1) is 11.3 Å². The van der Waals surface area contributed by atoms with Crippen molar-refractivity contribution in [3.63, 3.8) is 0 Å². The van der Waals surface area contributed by atoms with E-state index in [1.807, 2.05) is 58.3 Å². The Kier molecular flexibility index (Phi) is 7.50. The van der Waals surface area contributed by atoms with Crippen LogP contribution in [0, 0.1) is 11.7 Å². The summed E-state index contributed by atoms with van der Waals surface area (Å²) in [7, 11) is -1.07. The number of amides is 1. The molecule has 0 bridgehead atoms. The summed E-state index contributed by atoms with van der Waals surface area (Å²) in [6.45, 7) is 5.63. The summed E-state index contributed by atoms with van der Waals surface area (Å²) >= 11 is 1.63. The van der Waals surface area contributed by atoms with E-state index in [-0.39, 0.29) is 23.5 Å². The Bertz CT molecular complexity index is 1420. The van der Waals surface area contributed by atoms with Crippen molar-refractivity contribution in [3.8, 4) is 10.4 Å². The van der Waals surface area contributed by atoms with Gasteiger partial charge in [-0.2, -0.15) is 5.10 Å². The zero-order valence-electron chi connectivity index (χ0n) is 22.3. The summed E-state index contributed by atoms with van der Waals surface area (Å²) in [6.07, 6.45) is 6.69. The lowest BCUT2D eigenvalue weighted by molar-refractivity contribution is 0.109. The molecule has 2 saturated carbocycles. The van der Waals surface area contributed by atoms with E-state index >= 15 is 0 Å². The Morgan fingerprint density at radius 2 is 1.92 bits per heavy atom. The van der Waals surface area contributed by atoms with Gasteiger partial charge in [-0.05, 0) is 71.4 Å². The first-order chi connectivity index (χ1) is 18.1. The number of benzene rings is 1. The fraction of sp³-hybridized carbons (Fsp3) is 0.519. The third-order valence-corrected chi connectivity index (χ3v) is 10.7. The van der Waals surface area contributed by atoms with Crippen LogP contribution in [0.4, 0.5) is 16.3 Å². The second-order valence-corrected chi connectivity index (χ2v) is 14.0. The molecule has 1 atom stereocenters. The Morgan fingerprint density at radius 3 is 2.55 bits per heavy atom. The minimum atomic E-state index is -2.94. The van der Waals surface area contributed by atoms with Crippen LogP contribution in [0.15, 0.2) is 35.4 Å². The molecule has 2 aliphatic rings. The quantitative estimate of drug-likeness (QED) is 0.298. The summed E-state index contributed by atoms with van der Waals surface area (Å²) < 4.78 is 29.5. The fourth-order valence-electron chi connectivity index (χ4n) is 5.01. The van der Waals surface area contributed by atoms with Crippen LogP contribution in [0.5, 0.6) is 0 Å². The van der Waals surface area contributed by atoms with Gasteiger partial charge in [0.2, 0.25) is 0 Å². The van der Waals surface area contributed by atoms with Gasteiger partial charge in [0.1, 0.15) is 5.82 Å². The van der Waals surface area contributed by atoms with Gasteiger partial charge in [0, 0.05) is 47.8 Å². The molecule has 0 saturated heterocycles. The number of hydrogen-bond acceptors (Lipinski definition) is 8. The molecule has 2 aromatic heterocycles. The number of nitrogens with one attached hydrogen (secondary N) is 3. The molecule has 0 aliphatic heterocycles. The Morgan fingerprint density at radius 1 is 1.18 bits per heavy atom. The molecule has 1 amide bonds. The third-order valence-electron chi connectivity index (χ3n) is 7.11. The largest absolute Gasteiger partial charge is 0.447 e. The van der Waals surface area contributed by atoms with E-state index in [9.17, 15) is 9.00 Å². The van der Waals surface area contributed by atoms with Gasteiger partial charge in [-0.25, -0.2) is 18.8 Å². The van der Waals surface area contributed by atoms with Gasteiger partial charge in [-0.1, -0.05) is 6.07 Å². The zero-order valence-corrected chi connectivity index (χ0v) is 24.0. The number of nitrogens with zero attached hydrogens (tertiary/aromatic N) is 3. The lowest BCUT2D eigenvalue weighted by Crippen LogP contribution is -2.38. The fourth-order valence-corrected chi connectivity index (χ4v) is 8.17. The summed E-state index contributed by atoms with van der Waals surface area (Å²) in [6, 6.07) is 7.89. The van der Waals surface area contributed by atoms with Crippen molar-refractivity contribution in [2.24, 2.45) is 7.05 Å². The van der Waals surface area contributed by atoms with Crippen molar-refractivity contribution in [3.05, 3.63) is 41.2 Å². The lowest BCUT2D eigenvalue weighted by Gasteiger charge is -2.28. The average Bonchev–Trinajstić information content (AvgIpc) is 3.53. The smallest absolute Gasteiger partial charge is 0.407 e. The molecule has 5 rings (SSSR count). The van der Waals surface area contributed by atoms with Crippen LogP contribution in [0.2, 0.25) is 0 Å². The molecule has 38 heavy (non-hydrogen) atoms. The first-order valence-corrected chi connectivity index (χ1v) is 15.7. The van der Waals surface area contributed by atoms with E-state index in [0.717, 1.165) is 71.2 Å². The molecule has 2 aliphatic carbocycles. The SMILES string of the molecule is Cc1cc(Nc2ccc(-c3cnc([C@H]4CC[C@H](NC(=O)OC(C)C)CC4)s3)c(S(=N)(=O)C3CC3)c2)n(C)n1. The van der Waals surface area contributed by atoms with Crippen LogP contribution < -0.4 is 10.6 Å². The van der Waals surface area contributed by atoms with E-state index < -0.39 is 9.73 Å². The molecule has 2 heterocycles. The molecule has 2 fully saturated rings. The van der Waals surface area contributed by atoms with Crippen molar-refractivity contribution in [2.75, 3.05) is 5.32 Å². The zero-order chi connectivity index (χ0) is 27.0. The standard InChI is InChI=1S/C27H36N6O3S2/c1-16(2)36-27(34)31-19-7-5-18(6-8-19)26-29-15-23(37-26)22-12-9-20(30-25-13-17(3)32-33(25)4)14-24(22)38(28,35)21-10-11-21/h9,12-16,18-19,21,28,30H,5-8,10-11H2,1-4H3,(H,31,34)/t18-,19-,38?. The van der Waals surface area contributed by atoms with Crippen molar-refractivity contribution in [1.82, 2.24) is 20.1 Å². The van der Waals surface area contributed by atoms with Crippen LogP contribution in [-0.2, 0) is 21.5 Å². The number of alkyl carbamates (subject to hydrolysis) is 1. The third kappa shape index (κ3) is 5.88. The number of aromatic nitrogens is 3. The highest BCUT2D eigenvalue weighted by atomic mass is 32.2. The van der Waals surface area contributed by atoms with Gasteiger partial charge < -0.3 is 15.4 Å². The number of anilines is 2. The van der Waals surface area contributed by atoms with E-state index in [0.29, 0.717) is 10.8 Å². The molecule has 204 valence electrons.